The third-order valence-electron chi connectivity index (χ3n) is 4.47. The van der Waals surface area contributed by atoms with Gasteiger partial charge in [0.05, 0.1) is 24.8 Å². The van der Waals surface area contributed by atoms with Crippen molar-refractivity contribution in [3.63, 3.8) is 0 Å². The van der Waals surface area contributed by atoms with E-state index in [1.807, 2.05) is 24.4 Å². The van der Waals surface area contributed by atoms with Crippen molar-refractivity contribution in [2.24, 2.45) is 0 Å². The molecule has 0 radical (unpaired) electrons. The zero-order valence-corrected chi connectivity index (χ0v) is 16.7. The molecule has 0 aliphatic carbocycles. The van der Waals surface area contributed by atoms with Crippen molar-refractivity contribution in [2.45, 2.75) is 19.4 Å². The predicted octanol–water partition coefficient (Wildman–Crippen LogP) is 3.61. The SMILES string of the molecule is CCCOc1cccc(/C(O)=C2\C(=O)C(=O)N(CCOC)C2c2cccs2)c1. The number of Topliss-reactive ketones (excluding diaryl/α,β-unsaturated/α-hetero) is 1. The van der Waals surface area contributed by atoms with Crippen LogP contribution in [0.5, 0.6) is 5.75 Å². The molecule has 6 nitrogen and oxygen atoms in total. The third-order valence-corrected chi connectivity index (χ3v) is 5.39. The largest absolute Gasteiger partial charge is 0.507 e. The van der Waals surface area contributed by atoms with Crippen molar-refractivity contribution in [3.8, 4) is 5.75 Å². The Balaban J connectivity index is 2.06. The molecule has 1 aromatic carbocycles. The van der Waals surface area contributed by atoms with E-state index in [-0.39, 0.29) is 17.9 Å². The van der Waals surface area contributed by atoms with E-state index in [0.29, 0.717) is 24.5 Å². The number of methoxy groups -OCH3 is 1. The van der Waals surface area contributed by atoms with Gasteiger partial charge in [0.2, 0.25) is 0 Å². The number of amides is 1. The monoisotopic (exact) mass is 401 g/mol. The minimum atomic E-state index is -0.688. The number of hydrogen-bond acceptors (Lipinski definition) is 6. The molecule has 1 saturated heterocycles. The number of ketones is 1. The first-order chi connectivity index (χ1) is 13.6. The quantitative estimate of drug-likeness (QED) is 0.415. The van der Waals surface area contributed by atoms with Crippen LogP contribution in [0.25, 0.3) is 5.76 Å². The minimum absolute atomic E-state index is 0.0937. The summed E-state index contributed by atoms with van der Waals surface area (Å²) in [4.78, 5) is 27.7. The molecule has 1 atom stereocenters. The molecule has 1 aliphatic rings. The number of likely N-dealkylation sites (tertiary alicyclic amines) is 1. The van der Waals surface area contributed by atoms with Gasteiger partial charge in [-0.15, -0.1) is 11.3 Å². The highest BCUT2D eigenvalue weighted by Crippen LogP contribution is 2.41. The molecule has 1 amide bonds. The molecule has 2 heterocycles. The average Bonchev–Trinajstić information content (AvgIpc) is 3.32. The molecule has 0 saturated carbocycles. The zero-order valence-electron chi connectivity index (χ0n) is 15.9. The van der Waals surface area contributed by atoms with Gasteiger partial charge < -0.3 is 19.5 Å². The highest BCUT2D eigenvalue weighted by molar-refractivity contribution is 7.10. The second-order valence-electron chi connectivity index (χ2n) is 6.38. The van der Waals surface area contributed by atoms with Gasteiger partial charge in [0.15, 0.2) is 0 Å². The second kappa shape index (κ2) is 9.03. The summed E-state index contributed by atoms with van der Waals surface area (Å²) < 4.78 is 10.7. The normalized spacial score (nSPS) is 18.6. The van der Waals surface area contributed by atoms with Crippen LogP contribution in [0.4, 0.5) is 0 Å². The molecule has 148 valence electrons. The summed E-state index contributed by atoms with van der Waals surface area (Å²) in [5, 5.41) is 12.8. The number of aliphatic hydroxyl groups excluding tert-OH is 1. The first-order valence-corrected chi connectivity index (χ1v) is 10.0. The van der Waals surface area contributed by atoms with E-state index >= 15 is 0 Å². The standard InChI is InChI=1S/C21H23NO5S/c1-3-10-27-15-7-4-6-14(13-15)19(23)17-18(16-8-5-12-28-16)22(9-11-26-2)21(25)20(17)24/h4-8,12-13,18,23H,3,9-11H2,1-2H3/b19-17+. The number of hydrogen-bond donors (Lipinski definition) is 1. The van der Waals surface area contributed by atoms with Gasteiger partial charge in [0.1, 0.15) is 11.5 Å². The van der Waals surface area contributed by atoms with Crippen LogP contribution in [0.3, 0.4) is 0 Å². The number of aliphatic hydroxyl groups is 1. The van der Waals surface area contributed by atoms with Crippen molar-refractivity contribution in [3.05, 3.63) is 57.8 Å². The van der Waals surface area contributed by atoms with Crippen molar-refractivity contribution in [1.82, 2.24) is 4.90 Å². The lowest BCUT2D eigenvalue weighted by molar-refractivity contribution is -0.140. The predicted molar refractivity (Wildman–Crippen MR) is 107 cm³/mol. The highest BCUT2D eigenvalue weighted by atomic mass is 32.1. The number of ether oxygens (including phenoxy) is 2. The number of carbonyl (C=O) groups is 2. The van der Waals surface area contributed by atoms with Crippen molar-refractivity contribution in [1.29, 1.82) is 0 Å². The second-order valence-corrected chi connectivity index (χ2v) is 7.36. The average molecular weight is 401 g/mol. The van der Waals surface area contributed by atoms with Crippen LogP contribution in [-0.4, -0.2) is 48.6 Å². The first kappa shape index (κ1) is 20.1. The van der Waals surface area contributed by atoms with E-state index in [0.717, 1.165) is 11.3 Å². The fourth-order valence-corrected chi connectivity index (χ4v) is 4.00. The summed E-state index contributed by atoms with van der Waals surface area (Å²) in [6, 6.07) is 10.0. The molecular weight excluding hydrogens is 378 g/mol. The van der Waals surface area contributed by atoms with Crippen LogP contribution in [0.1, 0.15) is 29.8 Å². The van der Waals surface area contributed by atoms with Crippen LogP contribution in [-0.2, 0) is 14.3 Å². The van der Waals surface area contributed by atoms with E-state index in [2.05, 4.69) is 0 Å². The number of carbonyl (C=O) groups excluding carboxylic acids is 2. The van der Waals surface area contributed by atoms with E-state index < -0.39 is 17.7 Å². The van der Waals surface area contributed by atoms with Gasteiger partial charge in [-0.1, -0.05) is 25.1 Å². The van der Waals surface area contributed by atoms with E-state index in [1.54, 1.807) is 31.4 Å². The Labute approximate surface area is 168 Å². The molecule has 0 spiro atoms. The number of thiophene rings is 1. The minimum Gasteiger partial charge on any atom is -0.507 e. The fourth-order valence-electron chi connectivity index (χ4n) is 3.15. The van der Waals surface area contributed by atoms with Crippen molar-refractivity contribution < 1.29 is 24.2 Å². The highest BCUT2D eigenvalue weighted by Gasteiger charge is 2.46. The maximum atomic E-state index is 12.8. The van der Waals surface area contributed by atoms with Crippen LogP contribution in [0.2, 0.25) is 0 Å². The van der Waals surface area contributed by atoms with Gasteiger partial charge in [-0.25, -0.2) is 0 Å². The van der Waals surface area contributed by atoms with Crippen molar-refractivity contribution >= 4 is 28.8 Å². The van der Waals surface area contributed by atoms with Crippen LogP contribution in [0.15, 0.2) is 47.4 Å². The lowest BCUT2D eigenvalue weighted by Gasteiger charge is -2.23. The molecule has 0 bridgehead atoms. The van der Waals surface area contributed by atoms with Gasteiger partial charge >= 0.3 is 0 Å². The Hall–Kier alpha value is -2.64. The Morgan fingerprint density at radius 3 is 2.71 bits per heavy atom. The first-order valence-electron chi connectivity index (χ1n) is 9.12. The maximum Gasteiger partial charge on any atom is 0.295 e. The Kier molecular flexibility index (Phi) is 6.49. The summed E-state index contributed by atoms with van der Waals surface area (Å²) in [6.45, 7) is 3.13. The molecular formula is C21H23NO5S. The number of benzene rings is 1. The summed E-state index contributed by atoms with van der Waals surface area (Å²) in [6.07, 6.45) is 0.860. The molecule has 1 unspecified atom stereocenters. The van der Waals surface area contributed by atoms with Gasteiger partial charge in [-0.3, -0.25) is 9.59 Å². The van der Waals surface area contributed by atoms with Crippen LogP contribution < -0.4 is 4.74 Å². The molecule has 1 aliphatic heterocycles. The van der Waals surface area contributed by atoms with Gasteiger partial charge in [0.25, 0.3) is 11.7 Å². The lowest BCUT2D eigenvalue weighted by atomic mass is 10.00. The Morgan fingerprint density at radius 2 is 2.04 bits per heavy atom. The molecule has 7 heteroatoms. The maximum absolute atomic E-state index is 12.8. The zero-order chi connectivity index (χ0) is 20.1. The molecule has 3 rings (SSSR count). The molecule has 2 aromatic rings. The third kappa shape index (κ3) is 3.95. The summed E-state index contributed by atoms with van der Waals surface area (Å²) in [5.41, 5.74) is 0.538. The van der Waals surface area contributed by atoms with Crippen LogP contribution >= 0.6 is 11.3 Å². The summed E-state index contributed by atoms with van der Waals surface area (Å²) in [5.74, 6) is -0.909. The van der Waals surface area contributed by atoms with Gasteiger partial charge in [-0.05, 0) is 30.0 Å². The van der Waals surface area contributed by atoms with Crippen LogP contribution in [0, 0.1) is 0 Å². The number of nitrogens with zero attached hydrogens (tertiary/aromatic N) is 1. The van der Waals surface area contributed by atoms with Crippen molar-refractivity contribution in [2.75, 3.05) is 26.9 Å². The molecule has 1 N–H and O–H groups in total. The molecule has 1 fully saturated rings. The molecule has 1 aromatic heterocycles. The fraction of sp³-hybridized carbons (Fsp3) is 0.333. The van der Waals surface area contributed by atoms with E-state index in [9.17, 15) is 14.7 Å². The topological polar surface area (TPSA) is 76.1 Å². The van der Waals surface area contributed by atoms with Gasteiger partial charge in [0, 0.05) is 24.1 Å². The lowest BCUT2D eigenvalue weighted by Crippen LogP contribution is -2.32. The number of rotatable bonds is 8. The van der Waals surface area contributed by atoms with E-state index in [1.165, 1.54) is 16.2 Å². The smallest absolute Gasteiger partial charge is 0.295 e. The van der Waals surface area contributed by atoms with E-state index in [4.69, 9.17) is 9.47 Å². The Bertz CT molecular complexity index is 875. The summed E-state index contributed by atoms with van der Waals surface area (Å²) >= 11 is 1.44. The Morgan fingerprint density at radius 1 is 1.21 bits per heavy atom. The van der Waals surface area contributed by atoms with Gasteiger partial charge in [-0.2, -0.15) is 0 Å². The molecule has 28 heavy (non-hydrogen) atoms. The summed E-state index contributed by atoms with van der Waals surface area (Å²) in [7, 11) is 1.54.